The zero-order valence-corrected chi connectivity index (χ0v) is 15.1. The Morgan fingerprint density at radius 1 is 1.25 bits per heavy atom. The van der Waals surface area contributed by atoms with Crippen LogP contribution in [0.5, 0.6) is 0 Å². The van der Waals surface area contributed by atoms with E-state index in [0.717, 1.165) is 5.56 Å². The SMILES string of the molecule is CCOC(=O)[C@H]1C(=O)OC(C)(C)[C@@H]1CS(=O)(=O)c1ccc(C)cc1. The van der Waals surface area contributed by atoms with Gasteiger partial charge in [0.15, 0.2) is 15.8 Å². The van der Waals surface area contributed by atoms with E-state index in [1.165, 1.54) is 12.1 Å². The molecule has 24 heavy (non-hydrogen) atoms. The van der Waals surface area contributed by atoms with Gasteiger partial charge in [-0.05, 0) is 39.8 Å². The summed E-state index contributed by atoms with van der Waals surface area (Å²) >= 11 is 0. The van der Waals surface area contributed by atoms with E-state index in [2.05, 4.69) is 0 Å². The van der Waals surface area contributed by atoms with Crippen LogP contribution in [0.2, 0.25) is 0 Å². The molecule has 1 fully saturated rings. The van der Waals surface area contributed by atoms with Crippen LogP contribution in [-0.4, -0.2) is 38.3 Å². The van der Waals surface area contributed by atoms with Crippen molar-refractivity contribution in [1.82, 2.24) is 0 Å². The van der Waals surface area contributed by atoms with Crippen molar-refractivity contribution < 1.29 is 27.5 Å². The fourth-order valence-corrected chi connectivity index (χ4v) is 4.64. The van der Waals surface area contributed by atoms with Crippen LogP contribution in [0.1, 0.15) is 26.3 Å². The molecule has 0 amide bonds. The van der Waals surface area contributed by atoms with Gasteiger partial charge >= 0.3 is 11.9 Å². The highest BCUT2D eigenvalue weighted by atomic mass is 32.2. The molecule has 0 saturated carbocycles. The van der Waals surface area contributed by atoms with E-state index in [9.17, 15) is 18.0 Å². The molecule has 1 heterocycles. The van der Waals surface area contributed by atoms with Crippen molar-refractivity contribution in [3.05, 3.63) is 29.8 Å². The molecule has 1 aliphatic heterocycles. The first kappa shape index (κ1) is 18.4. The second kappa shape index (κ2) is 6.55. The first-order valence-electron chi connectivity index (χ1n) is 7.77. The normalized spacial score (nSPS) is 22.9. The molecule has 1 aliphatic rings. The average Bonchev–Trinajstić information content (AvgIpc) is 2.68. The van der Waals surface area contributed by atoms with Crippen LogP contribution in [-0.2, 0) is 28.9 Å². The van der Waals surface area contributed by atoms with Gasteiger partial charge in [0.25, 0.3) is 0 Å². The zero-order chi connectivity index (χ0) is 18.1. The number of hydrogen-bond acceptors (Lipinski definition) is 6. The molecule has 6 nitrogen and oxygen atoms in total. The summed E-state index contributed by atoms with van der Waals surface area (Å²) in [6.07, 6.45) is 0. The average molecular weight is 354 g/mol. The maximum atomic E-state index is 12.7. The lowest BCUT2D eigenvalue weighted by Crippen LogP contribution is -2.38. The highest BCUT2D eigenvalue weighted by Gasteiger charge is 2.55. The van der Waals surface area contributed by atoms with Crippen LogP contribution in [0.15, 0.2) is 29.2 Å². The highest BCUT2D eigenvalue weighted by molar-refractivity contribution is 7.91. The molecule has 0 aromatic heterocycles. The predicted octanol–water partition coefficient (Wildman–Crippen LogP) is 1.90. The standard InChI is InChI=1S/C17H22O6S/c1-5-22-15(18)14-13(17(3,4)23-16(14)19)10-24(20,21)12-8-6-11(2)7-9-12/h6-9,13-14H,5,10H2,1-4H3/t13-,14+/m1/s1. The Morgan fingerprint density at radius 2 is 1.83 bits per heavy atom. The lowest BCUT2D eigenvalue weighted by molar-refractivity contribution is -0.157. The molecular weight excluding hydrogens is 332 g/mol. The molecular formula is C17H22O6S. The van der Waals surface area contributed by atoms with Gasteiger partial charge in [0.1, 0.15) is 5.60 Å². The molecule has 0 bridgehead atoms. The molecule has 2 rings (SSSR count). The van der Waals surface area contributed by atoms with Crippen LogP contribution in [0.3, 0.4) is 0 Å². The van der Waals surface area contributed by atoms with Crippen molar-refractivity contribution >= 4 is 21.8 Å². The van der Waals surface area contributed by atoms with Crippen molar-refractivity contribution in [2.75, 3.05) is 12.4 Å². The van der Waals surface area contributed by atoms with Crippen LogP contribution >= 0.6 is 0 Å². The summed E-state index contributed by atoms with van der Waals surface area (Å²) in [5.41, 5.74) is -0.121. The molecule has 0 spiro atoms. The zero-order valence-electron chi connectivity index (χ0n) is 14.2. The van der Waals surface area contributed by atoms with Gasteiger partial charge in [-0.15, -0.1) is 0 Å². The Balaban J connectivity index is 2.34. The van der Waals surface area contributed by atoms with Crippen molar-refractivity contribution in [3.63, 3.8) is 0 Å². The van der Waals surface area contributed by atoms with E-state index in [1.54, 1.807) is 32.9 Å². The number of carbonyl (C=O) groups is 2. The molecule has 132 valence electrons. The molecule has 0 unspecified atom stereocenters. The summed E-state index contributed by atoms with van der Waals surface area (Å²) in [6, 6.07) is 6.46. The van der Waals surface area contributed by atoms with E-state index >= 15 is 0 Å². The minimum Gasteiger partial charge on any atom is -0.465 e. The summed E-state index contributed by atoms with van der Waals surface area (Å²) in [5, 5.41) is 0. The largest absolute Gasteiger partial charge is 0.465 e. The smallest absolute Gasteiger partial charge is 0.321 e. The third-order valence-electron chi connectivity index (χ3n) is 4.23. The summed E-state index contributed by atoms with van der Waals surface area (Å²) in [6.45, 7) is 6.82. The first-order chi connectivity index (χ1) is 11.1. The van der Waals surface area contributed by atoms with E-state index < -0.39 is 39.2 Å². The Bertz CT molecular complexity index is 733. The van der Waals surface area contributed by atoms with E-state index in [-0.39, 0.29) is 17.3 Å². The maximum Gasteiger partial charge on any atom is 0.321 e. The van der Waals surface area contributed by atoms with Crippen molar-refractivity contribution in [2.45, 2.75) is 38.2 Å². The first-order valence-corrected chi connectivity index (χ1v) is 9.42. The number of aryl methyl sites for hydroxylation is 1. The van der Waals surface area contributed by atoms with Crippen molar-refractivity contribution in [3.8, 4) is 0 Å². The fourth-order valence-electron chi connectivity index (χ4n) is 2.83. The Morgan fingerprint density at radius 3 is 2.38 bits per heavy atom. The molecule has 2 atom stereocenters. The van der Waals surface area contributed by atoms with Gasteiger partial charge in [-0.1, -0.05) is 17.7 Å². The summed E-state index contributed by atoms with van der Waals surface area (Å²) in [4.78, 5) is 24.3. The minimum atomic E-state index is -3.68. The van der Waals surface area contributed by atoms with Gasteiger partial charge in [-0.25, -0.2) is 8.42 Å². The number of hydrogen-bond donors (Lipinski definition) is 0. The number of sulfone groups is 1. The summed E-state index contributed by atoms with van der Waals surface area (Å²) in [7, 11) is -3.68. The van der Waals surface area contributed by atoms with Gasteiger partial charge in [-0.3, -0.25) is 9.59 Å². The van der Waals surface area contributed by atoms with E-state index in [0.29, 0.717) is 0 Å². The maximum absolute atomic E-state index is 12.7. The van der Waals surface area contributed by atoms with Crippen LogP contribution in [0, 0.1) is 18.8 Å². The lowest BCUT2D eigenvalue weighted by atomic mass is 9.84. The second-order valence-electron chi connectivity index (χ2n) is 6.46. The van der Waals surface area contributed by atoms with Gasteiger partial charge < -0.3 is 9.47 Å². The van der Waals surface area contributed by atoms with E-state index in [1.807, 2.05) is 6.92 Å². The fraction of sp³-hybridized carbons (Fsp3) is 0.529. The minimum absolute atomic E-state index is 0.112. The summed E-state index contributed by atoms with van der Waals surface area (Å²) in [5.74, 6) is -3.87. The predicted molar refractivity (Wildman–Crippen MR) is 87.0 cm³/mol. The highest BCUT2D eigenvalue weighted by Crippen LogP contribution is 2.39. The number of cyclic esters (lactones) is 1. The molecule has 1 saturated heterocycles. The molecule has 0 N–H and O–H groups in total. The molecule has 1 aromatic carbocycles. The Kier molecular flexibility index (Phi) is 5.03. The van der Waals surface area contributed by atoms with Crippen molar-refractivity contribution in [2.24, 2.45) is 11.8 Å². The Hall–Kier alpha value is -1.89. The lowest BCUT2D eigenvalue weighted by Gasteiger charge is -2.26. The molecule has 0 radical (unpaired) electrons. The monoisotopic (exact) mass is 354 g/mol. The van der Waals surface area contributed by atoms with Crippen LogP contribution in [0.25, 0.3) is 0 Å². The quantitative estimate of drug-likeness (QED) is 0.593. The van der Waals surface area contributed by atoms with Crippen LogP contribution < -0.4 is 0 Å². The van der Waals surface area contributed by atoms with Gasteiger partial charge in [0.05, 0.1) is 17.3 Å². The summed E-state index contributed by atoms with van der Waals surface area (Å²) < 4.78 is 35.6. The third kappa shape index (κ3) is 3.61. The van der Waals surface area contributed by atoms with Crippen molar-refractivity contribution in [1.29, 1.82) is 0 Å². The number of carbonyl (C=O) groups excluding carboxylic acids is 2. The molecule has 1 aromatic rings. The number of rotatable bonds is 5. The number of benzene rings is 1. The van der Waals surface area contributed by atoms with Gasteiger partial charge in [0, 0.05) is 5.92 Å². The number of ether oxygens (including phenoxy) is 2. The van der Waals surface area contributed by atoms with E-state index in [4.69, 9.17) is 9.47 Å². The Labute approximate surface area is 142 Å². The molecule has 0 aliphatic carbocycles. The molecule has 7 heteroatoms. The van der Waals surface area contributed by atoms with Gasteiger partial charge in [0.2, 0.25) is 0 Å². The topological polar surface area (TPSA) is 86.7 Å². The second-order valence-corrected chi connectivity index (χ2v) is 8.49. The number of esters is 2. The van der Waals surface area contributed by atoms with Crippen LogP contribution in [0.4, 0.5) is 0 Å². The van der Waals surface area contributed by atoms with Gasteiger partial charge in [-0.2, -0.15) is 0 Å². The third-order valence-corrected chi connectivity index (χ3v) is 6.02.